The Morgan fingerprint density at radius 1 is 1.60 bits per heavy atom. The highest BCUT2D eigenvalue weighted by atomic mass is 16.7. The minimum Gasteiger partial charge on any atom is -0.395 e. The molecule has 4 atom stereocenters. The molecule has 0 amide bonds. The second kappa shape index (κ2) is 6.40. The fourth-order valence-electron chi connectivity index (χ4n) is 1.86. The van der Waals surface area contributed by atoms with Gasteiger partial charge in [0, 0.05) is 19.7 Å². The van der Waals surface area contributed by atoms with Gasteiger partial charge in [0.1, 0.15) is 0 Å². The average molecular weight is 218 g/mol. The van der Waals surface area contributed by atoms with E-state index in [0.29, 0.717) is 6.54 Å². The summed E-state index contributed by atoms with van der Waals surface area (Å²) in [6, 6.07) is 0.179. The Bertz CT molecular complexity index is 180. The highest BCUT2D eigenvalue weighted by Crippen LogP contribution is 2.20. The molecule has 1 fully saturated rings. The summed E-state index contributed by atoms with van der Waals surface area (Å²) in [7, 11) is 1.61. The maximum Gasteiger partial charge on any atom is 0.172 e. The summed E-state index contributed by atoms with van der Waals surface area (Å²) in [6.07, 6.45) is 1.65. The van der Waals surface area contributed by atoms with Crippen LogP contribution in [-0.4, -0.2) is 49.8 Å². The molecule has 15 heavy (non-hydrogen) atoms. The van der Waals surface area contributed by atoms with Crippen molar-refractivity contribution in [2.24, 2.45) is 5.73 Å². The van der Waals surface area contributed by atoms with Gasteiger partial charge >= 0.3 is 0 Å². The van der Waals surface area contributed by atoms with Crippen molar-refractivity contribution in [1.29, 1.82) is 0 Å². The van der Waals surface area contributed by atoms with E-state index in [-0.39, 0.29) is 31.1 Å². The molecule has 0 radical (unpaired) electrons. The molecule has 4 N–H and O–H groups in total. The zero-order chi connectivity index (χ0) is 11.3. The first-order valence-electron chi connectivity index (χ1n) is 5.47. The lowest BCUT2D eigenvalue weighted by Crippen LogP contribution is -2.51. The fraction of sp³-hybridized carbons (Fsp3) is 1.00. The molecule has 0 aromatic rings. The SMILES string of the molecule is CO[C@H]1OC(C(C)NCCO)CC[C@H]1N. The first kappa shape index (κ1) is 12.9. The largest absolute Gasteiger partial charge is 0.395 e. The summed E-state index contributed by atoms with van der Waals surface area (Å²) in [5.41, 5.74) is 5.84. The predicted octanol–water partition coefficient (Wildman–Crippen LogP) is -0.564. The maximum absolute atomic E-state index is 8.71. The Labute approximate surface area is 90.9 Å². The molecule has 0 aromatic carbocycles. The van der Waals surface area contributed by atoms with Gasteiger partial charge in [-0.15, -0.1) is 0 Å². The van der Waals surface area contributed by atoms with Crippen LogP contribution < -0.4 is 11.1 Å². The summed E-state index contributed by atoms with van der Waals surface area (Å²) in [6.45, 7) is 2.78. The van der Waals surface area contributed by atoms with Crippen molar-refractivity contribution < 1.29 is 14.6 Å². The van der Waals surface area contributed by atoms with E-state index in [1.54, 1.807) is 7.11 Å². The van der Waals surface area contributed by atoms with Crippen LogP contribution in [-0.2, 0) is 9.47 Å². The van der Waals surface area contributed by atoms with Gasteiger partial charge in [0.05, 0.1) is 18.8 Å². The highest BCUT2D eigenvalue weighted by Gasteiger charge is 2.31. The number of nitrogens with one attached hydrogen (secondary N) is 1. The molecular weight excluding hydrogens is 196 g/mol. The van der Waals surface area contributed by atoms with Crippen molar-refractivity contribution in [1.82, 2.24) is 5.32 Å². The molecule has 0 spiro atoms. The van der Waals surface area contributed by atoms with Gasteiger partial charge in [0.15, 0.2) is 6.29 Å². The Morgan fingerprint density at radius 3 is 2.93 bits per heavy atom. The van der Waals surface area contributed by atoms with Crippen LogP contribution >= 0.6 is 0 Å². The normalized spacial score (nSPS) is 34.0. The molecule has 1 saturated heterocycles. The zero-order valence-electron chi connectivity index (χ0n) is 9.48. The fourth-order valence-corrected chi connectivity index (χ4v) is 1.86. The molecule has 90 valence electrons. The third-order valence-electron chi connectivity index (χ3n) is 2.81. The number of hydrogen-bond donors (Lipinski definition) is 3. The van der Waals surface area contributed by atoms with Crippen LogP contribution in [0.4, 0.5) is 0 Å². The molecule has 5 nitrogen and oxygen atoms in total. The first-order chi connectivity index (χ1) is 7.19. The first-order valence-corrected chi connectivity index (χ1v) is 5.47. The average Bonchev–Trinajstić information content (AvgIpc) is 2.26. The van der Waals surface area contributed by atoms with Gasteiger partial charge in [-0.2, -0.15) is 0 Å². The Balaban J connectivity index is 2.36. The van der Waals surface area contributed by atoms with Crippen LogP contribution in [0, 0.1) is 0 Å². The molecule has 1 aliphatic heterocycles. The number of rotatable bonds is 5. The van der Waals surface area contributed by atoms with Crippen LogP contribution in [0.2, 0.25) is 0 Å². The number of aliphatic hydroxyl groups excluding tert-OH is 1. The number of hydrogen-bond acceptors (Lipinski definition) is 5. The van der Waals surface area contributed by atoms with Gasteiger partial charge in [0.25, 0.3) is 0 Å². The van der Waals surface area contributed by atoms with E-state index in [1.165, 1.54) is 0 Å². The Hall–Kier alpha value is -0.200. The summed E-state index contributed by atoms with van der Waals surface area (Å²) in [5, 5.41) is 11.9. The van der Waals surface area contributed by atoms with Gasteiger partial charge in [-0.25, -0.2) is 0 Å². The maximum atomic E-state index is 8.71. The number of ether oxygens (including phenoxy) is 2. The van der Waals surface area contributed by atoms with Crippen molar-refractivity contribution in [3.8, 4) is 0 Å². The summed E-state index contributed by atoms with van der Waals surface area (Å²) in [5.74, 6) is 0. The van der Waals surface area contributed by atoms with E-state index in [9.17, 15) is 0 Å². The van der Waals surface area contributed by atoms with E-state index in [4.69, 9.17) is 20.3 Å². The van der Waals surface area contributed by atoms with E-state index in [0.717, 1.165) is 12.8 Å². The van der Waals surface area contributed by atoms with Gasteiger partial charge in [-0.1, -0.05) is 0 Å². The van der Waals surface area contributed by atoms with Gasteiger partial charge < -0.3 is 25.6 Å². The summed E-state index contributed by atoms with van der Waals surface area (Å²) in [4.78, 5) is 0. The molecule has 0 saturated carbocycles. The molecule has 1 rings (SSSR count). The number of nitrogens with two attached hydrogens (primary N) is 1. The quantitative estimate of drug-likeness (QED) is 0.576. The highest BCUT2D eigenvalue weighted by molar-refractivity contribution is 4.82. The standard InChI is InChI=1S/C10H22N2O3/c1-7(12-5-6-13)9-4-3-8(11)10(14-2)15-9/h7-10,12-13H,3-6,11H2,1-2H3/t7?,8-,9?,10+/m1/s1. The van der Waals surface area contributed by atoms with Gasteiger partial charge in [-0.3, -0.25) is 0 Å². The number of aliphatic hydroxyl groups is 1. The van der Waals surface area contributed by atoms with Crippen molar-refractivity contribution in [3.05, 3.63) is 0 Å². The molecule has 0 aliphatic carbocycles. The van der Waals surface area contributed by atoms with E-state index < -0.39 is 0 Å². The molecule has 5 heteroatoms. The van der Waals surface area contributed by atoms with Crippen LogP contribution in [0.1, 0.15) is 19.8 Å². The lowest BCUT2D eigenvalue weighted by atomic mass is 10.00. The number of methoxy groups -OCH3 is 1. The Morgan fingerprint density at radius 2 is 2.33 bits per heavy atom. The Kier molecular flexibility index (Phi) is 5.49. The molecule has 1 heterocycles. The summed E-state index contributed by atoms with van der Waals surface area (Å²) < 4.78 is 10.9. The lowest BCUT2D eigenvalue weighted by Gasteiger charge is -2.36. The lowest BCUT2D eigenvalue weighted by molar-refractivity contribution is -0.194. The molecule has 0 bridgehead atoms. The van der Waals surface area contributed by atoms with Crippen LogP contribution in [0.15, 0.2) is 0 Å². The topological polar surface area (TPSA) is 76.7 Å². The smallest absolute Gasteiger partial charge is 0.172 e. The second-order valence-electron chi connectivity index (χ2n) is 3.99. The van der Waals surface area contributed by atoms with Crippen molar-refractivity contribution in [2.75, 3.05) is 20.3 Å². The molecule has 1 aliphatic rings. The second-order valence-corrected chi connectivity index (χ2v) is 3.99. The third kappa shape index (κ3) is 3.70. The molecular formula is C10H22N2O3. The van der Waals surface area contributed by atoms with Crippen LogP contribution in [0.5, 0.6) is 0 Å². The van der Waals surface area contributed by atoms with Crippen molar-refractivity contribution >= 4 is 0 Å². The minimum atomic E-state index is -0.304. The van der Waals surface area contributed by atoms with E-state index in [2.05, 4.69) is 5.32 Å². The zero-order valence-corrected chi connectivity index (χ0v) is 9.48. The molecule has 0 aromatic heterocycles. The predicted molar refractivity (Wildman–Crippen MR) is 57.4 cm³/mol. The van der Waals surface area contributed by atoms with E-state index >= 15 is 0 Å². The van der Waals surface area contributed by atoms with Crippen LogP contribution in [0.3, 0.4) is 0 Å². The molecule has 2 unspecified atom stereocenters. The van der Waals surface area contributed by atoms with Crippen LogP contribution in [0.25, 0.3) is 0 Å². The van der Waals surface area contributed by atoms with E-state index in [1.807, 2.05) is 6.92 Å². The minimum absolute atomic E-state index is 0.0312. The van der Waals surface area contributed by atoms with Crippen molar-refractivity contribution in [2.45, 2.75) is 44.2 Å². The van der Waals surface area contributed by atoms with Gasteiger partial charge in [-0.05, 0) is 19.8 Å². The van der Waals surface area contributed by atoms with Gasteiger partial charge in [0.2, 0.25) is 0 Å². The monoisotopic (exact) mass is 218 g/mol. The van der Waals surface area contributed by atoms with Crippen molar-refractivity contribution in [3.63, 3.8) is 0 Å². The third-order valence-corrected chi connectivity index (χ3v) is 2.81. The summed E-state index contributed by atoms with van der Waals surface area (Å²) >= 11 is 0.